The first-order chi connectivity index (χ1) is 15.2. The van der Waals surface area contributed by atoms with Crippen LogP contribution in [-0.4, -0.2) is 34.7 Å². The number of rotatable bonds is 4. The number of pyridine rings is 1. The van der Waals surface area contributed by atoms with Gasteiger partial charge in [0.05, 0.1) is 5.02 Å². The van der Waals surface area contributed by atoms with E-state index < -0.39 is 58.2 Å². The van der Waals surface area contributed by atoms with Gasteiger partial charge in [-0.2, -0.15) is 13.2 Å². The number of ether oxygens (including phenoxy) is 1. The van der Waals surface area contributed by atoms with Crippen LogP contribution in [-0.2, 0) is 9.53 Å². The number of aromatic nitrogens is 1. The Labute approximate surface area is 190 Å². The Hall–Kier alpha value is -2.79. The third kappa shape index (κ3) is 4.26. The van der Waals surface area contributed by atoms with Crippen LogP contribution in [0.3, 0.4) is 0 Å². The average Bonchev–Trinajstić information content (AvgIpc) is 3.01. The topological polar surface area (TPSA) is 94.3 Å². The van der Waals surface area contributed by atoms with Gasteiger partial charge < -0.3 is 15.8 Å². The minimum atomic E-state index is -4.88. The third-order valence-electron chi connectivity index (χ3n) is 6.01. The van der Waals surface area contributed by atoms with Crippen LogP contribution in [0.5, 0.6) is 0 Å². The Morgan fingerprint density at radius 2 is 1.88 bits per heavy atom. The monoisotopic (exact) mass is 491 g/mol. The molecule has 2 amide bonds. The highest BCUT2D eigenvalue weighted by atomic mass is 35.5. The van der Waals surface area contributed by atoms with E-state index in [2.05, 4.69) is 10.3 Å². The molecule has 3 N–H and O–H groups in total. The van der Waals surface area contributed by atoms with Crippen molar-refractivity contribution in [1.82, 2.24) is 4.98 Å². The van der Waals surface area contributed by atoms with E-state index in [9.17, 15) is 31.5 Å². The van der Waals surface area contributed by atoms with Crippen LogP contribution in [0.1, 0.15) is 41.4 Å². The molecule has 1 aromatic carbocycles. The van der Waals surface area contributed by atoms with Crippen molar-refractivity contribution in [2.45, 2.75) is 44.6 Å². The number of anilines is 1. The molecule has 1 aliphatic heterocycles. The molecule has 178 valence electrons. The fraction of sp³-hybridized carbons (Fsp3) is 0.381. The van der Waals surface area contributed by atoms with Crippen LogP contribution in [0.25, 0.3) is 0 Å². The fourth-order valence-corrected chi connectivity index (χ4v) is 4.13. The number of carbonyl (C=O) groups excluding carboxylic acids is 2. The molecule has 1 saturated heterocycles. The average molecular weight is 492 g/mol. The summed E-state index contributed by atoms with van der Waals surface area (Å²) >= 11 is 5.75. The summed E-state index contributed by atoms with van der Waals surface area (Å²) in [5.74, 6) is -7.27. The molecule has 3 rings (SSSR count). The van der Waals surface area contributed by atoms with E-state index in [0.717, 1.165) is 19.1 Å². The lowest BCUT2D eigenvalue weighted by atomic mass is 9.76. The van der Waals surface area contributed by atoms with Gasteiger partial charge in [0.15, 0.2) is 17.2 Å². The molecule has 0 spiro atoms. The lowest BCUT2D eigenvalue weighted by Gasteiger charge is -2.32. The SMILES string of the molecule is Cc1c([C@H]2[C@H](C(=O)Nc3ccnc(C(N)=O)c3)O[C@@](C)(C(F)(F)F)[C@H]2C)cc(Cl)c(F)c1F. The van der Waals surface area contributed by atoms with Crippen molar-refractivity contribution < 1.29 is 36.3 Å². The number of alkyl halides is 3. The molecule has 0 radical (unpaired) electrons. The summed E-state index contributed by atoms with van der Waals surface area (Å²) in [7, 11) is 0. The molecule has 4 atom stereocenters. The predicted octanol–water partition coefficient (Wildman–Crippen LogP) is 4.50. The summed E-state index contributed by atoms with van der Waals surface area (Å²) in [6.45, 7) is 3.17. The number of carbonyl (C=O) groups is 2. The van der Waals surface area contributed by atoms with Crippen molar-refractivity contribution in [3.8, 4) is 0 Å². The molecule has 0 bridgehead atoms. The van der Waals surface area contributed by atoms with Gasteiger partial charge >= 0.3 is 6.18 Å². The normalized spacial score (nSPS) is 25.2. The number of primary amides is 1. The van der Waals surface area contributed by atoms with E-state index in [1.807, 2.05) is 0 Å². The van der Waals surface area contributed by atoms with Gasteiger partial charge in [-0.3, -0.25) is 14.6 Å². The summed E-state index contributed by atoms with van der Waals surface area (Å²) < 4.78 is 75.4. The molecule has 1 aromatic heterocycles. The first-order valence-corrected chi connectivity index (χ1v) is 10.0. The maximum Gasteiger partial charge on any atom is 0.417 e. The molecular formula is C21H19ClF5N3O3. The summed E-state index contributed by atoms with van der Waals surface area (Å²) in [4.78, 5) is 28.1. The summed E-state index contributed by atoms with van der Waals surface area (Å²) in [5, 5.41) is 1.73. The zero-order valence-electron chi connectivity index (χ0n) is 17.6. The van der Waals surface area contributed by atoms with E-state index in [1.165, 1.54) is 26.1 Å². The first-order valence-electron chi connectivity index (χ1n) is 9.64. The highest BCUT2D eigenvalue weighted by molar-refractivity contribution is 6.30. The van der Waals surface area contributed by atoms with Crippen LogP contribution in [0.15, 0.2) is 24.4 Å². The van der Waals surface area contributed by atoms with Crippen LogP contribution >= 0.6 is 11.6 Å². The van der Waals surface area contributed by atoms with Crippen molar-refractivity contribution in [1.29, 1.82) is 0 Å². The Bertz CT molecular complexity index is 1130. The summed E-state index contributed by atoms with van der Waals surface area (Å²) in [6, 6.07) is 3.43. The van der Waals surface area contributed by atoms with E-state index in [4.69, 9.17) is 22.1 Å². The standard InChI is InChI=1S/C21H19ClF5N3O3/c1-8-11(7-12(22)16(24)15(8)23)14-9(2)20(3,21(25,26)27)33-17(14)19(32)30-10-4-5-29-13(6-10)18(28)31/h4-7,9,14,17H,1-3H3,(H2,28,31)(H,29,30,32)/t9-,14-,17+,20+/m0/s1. The third-order valence-corrected chi connectivity index (χ3v) is 6.29. The van der Waals surface area contributed by atoms with E-state index in [0.29, 0.717) is 0 Å². The minimum absolute atomic E-state index is 0.0273. The van der Waals surface area contributed by atoms with Crippen molar-refractivity contribution >= 4 is 29.1 Å². The van der Waals surface area contributed by atoms with E-state index >= 15 is 0 Å². The zero-order valence-corrected chi connectivity index (χ0v) is 18.3. The van der Waals surface area contributed by atoms with Gasteiger partial charge in [-0.1, -0.05) is 18.5 Å². The lowest BCUT2D eigenvalue weighted by molar-refractivity contribution is -0.272. The minimum Gasteiger partial charge on any atom is -0.364 e. The Kier molecular flexibility index (Phi) is 6.42. The van der Waals surface area contributed by atoms with Gasteiger partial charge in [0, 0.05) is 23.7 Å². The zero-order chi connectivity index (χ0) is 24.9. The van der Waals surface area contributed by atoms with Crippen molar-refractivity contribution in [2.24, 2.45) is 11.7 Å². The summed E-state index contributed by atoms with van der Waals surface area (Å²) in [5.41, 5.74) is 1.83. The van der Waals surface area contributed by atoms with Gasteiger partial charge in [-0.05, 0) is 43.2 Å². The Balaban J connectivity index is 2.08. The second-order valence-corrected chi connectivity index (χ2v) is 8.35. The van der Waals surface area contributed by atoms with Crippen molar-refractivity contribution in [2.75, 3.05) is 5.32 Å². The Morgan fingerprint density at radius 1 is 1.24 bits per heavy atom. The molecule has 0 unspecified atom stereocenters. The number of halogens is 6. The number of nitrogens with two attached hydrogens (primary N) is 1. The molecule has 6 nitrogen and oxygen atoms in total. The highest BCUT2D eigenvalue weighted by Crippen LogP contribution is 2.54. The molecule has 2 heterocycles. The van der Waals surface area contributed by atoms with Crippen LogP contribution in [0.2, 0.25) is 5.02 Å². The molecule has 1 fully saturated rings. The van der Waals surface area contributed by atoms with Gasteiger partial charge in [0.25, 0.3) is 11.8 Å². The van der Waals surface area contributed by atoms with Crippen LogP contribution < -0.4 is 11.1 Å². The van der Waals surface area contributed by atoms with Crippen molar-refractivity contribution in [3.05, 3.63) is 57.9 Å². The van der Waals surface area contributed by atoms with Gasteiger partial charge in [0.1, 0.15) is 11.8 Å². The predicted molar refractivity (Wildman–Crippen MR) is 109 cm³/mol. The largest absolute Gasteiger partial charge is 0.417 e. The molecule has 0 saturated carbocycles. The number of nitrogens with zero attached hydrogens (tertiary/aromatic N) is 1. The van der Waals surface area contributed by atoms with E-state index in [1.54, 1.807) is 0 Å². The maximum atomic E-state index is 14.4. The molecule has 1 aliphatic rings. The van der Waals surface area contributed by atoms with Crippen LogP contribution in [0.4, 0.5) is 27.6 Å². The molecule has 12 heteroatoms. The maximum absolute atomic E-state index is 14.4. The highest BCUT2D eigenvalue weighted by Gasteiger charge is 2.65. The second-order valence-electron chi connectivity index (χ2n) is 7.94. The summed E-state index contributed by atoms with van der Waals surface area (Å²) in [6.07, 6.45) is -5.47. The molecule has 2 aromatic rings. The van der Waals surface area contributed by atoms with Crippen LogP contribution in [0, 0.1) is 24.5 Å². The fourth-order valence-electron chi connectivity index (χ4n) is 3.93. The lowest BCUT2D eigenvalue weighted by Crippen LogP contribution is -2.47. The second kappa shape index (κ2) is 8.53. The van der Waals surface area contributed by atoms with E-state index in [-0.39, 0.29) is 22.5 Å². The van der Waals surface area contributed by atoms with Crippen molar-refractivity contribution in [3.63, 3.8) is 0 Å². The quantitative estimate of drug-likeness (QED) is 0.486. The van der Waals surface area contributed by atoms with Gasteiger partial charge in [-0.25, -0.2) is 8.78 Å². The number of hydrogen-bond acceptors (Lipinski definition) is 4. The molecule has 0 aliphatic carbocycles. The van der Waals surface area contributed by atoms with Gasteiger partial charge in [0.2, 0.25) is 0 Å². The Morgan fingerprint density at radius 3 is 2.45 bits per heavy atom. The number of hydrogen-bond donors (Lipinski definition) is 2. The first kappa shape index (κ1) is 24.8. The number of benzene rings is 1. The molecule has 33 heavy (non-hydrogen) atoms. The number of amides is 2. The smallest absolute Gasteiger partial charge is 0.364 e. The number of nitrogens with one attached hydrogen (secondary N) is 1. The van der Waals surface area contributed by atoms with Gasteiger partial charge in [-0.15, -0.1) is 0 Å². The molecular weight excluding hydrogens is 473 g/mol.